The highest BCUT2D eigenvalue weighted by Gasteiger charge is 2.19. The second-order valence-electron chi connectivity index (χ2n) is 6.73. The van der Waals surface area contributed by atoms with E-state index in [-0.39, 0.29) is 17.4 Å². The Bertz CT molecular complexity index is 631. The fourth-order valence-electron chi connectivity index (χ4n) is 3.25. The fourth-order valence-corrected chi connectivity index (χ4v) is 3.25. The molecule has 1 fully saturated rings. The Labute approximate surface area is 147 Å². The summed E-state index contributed by atoms with van der Waals surface area (Å²) in [7, 11) is 0. The van der Waals surface area contributed by atoms with Crippen molar-refractivity contribution >= 4 is 0 Å². The van der Waals surface area contributed by atoms with Crippen molar-refractivity contribution in [3.05, 3.63) is 47.1 Å². The van der Waals surface area contributed by atoms with E-state index in [2.05, 4.69) is 18.8 Å². The van der Waals surface area contributed by atoms with Crippen LogP contribution >= 0.6 is 0 Å². The first-order valence-corrected chi connectivity index (χ1v) is 9.01. The molecule has 0 bridgehead atoms. The maximum atomic E-state index is 14.1. The maximum absolute atomic E-state index is 14.1. The highest BCUT2D eigenvalue weighted by Crippen LogP contribution is 2.30. The highest BCUT2D eigenvalue weighted by molar-refractivity contribution is 5.39. The van der Waals surface area contributed by atoms with E-state index < -0.39 is 17.7 Å². The number of unbranched alkanes of at least 4 members (excludes halogenated alkanes) is 2. The zero-order valence-electron chi connectivity index (χ0n) is 14.6. The molecule has 0 aliphatic heterocycles. The van der Waals surface area contributed by atoms with E-state index >= 15 is 0 Å². The molecule has 1 aromatic rings. The molecule has 1 aliphatic rings. The molecule has 1 saturated carbocycles. The van der Waals surface area contributed by atoms with Crippen LogP contribution in [0.2, 0.25) is 0 Å². The largest absolute Gasteiger partial charge is 0.266 e. The maximum Gasteiger partial charge on any atom is 0.266 e. The molecule has 0 N–H and O–H groups in total. The SMILES string of the molecule is CCCCCc1cc(F)c(C#C[C@H]2CC[C@H](C=C(F)F)CC2)c(F)c1. The molecule has 0 amide bonds. The first kappa shape index (κ1) is 19.6. The molecular formula is C21H24F4. The van der Waals surface area contributed by atoms with E-state index in [0.717, 1.165) is 25.3 Å². The number of benzene rings is 1. The van der Waals surface area contributed by atoms with Gasteiger partial charge in [0.1, 0.15) is 11.6 Å². The second-order valence-corrected chi connectivity index (χ2v) is 6.73. The summed E-state index contributed by atoms with van der Waals surface area (Å²) in [6.45, 7) is 2.08. The summed E-state index contributed by atoms with van der Waals surface area (Å²) in [5.41, 5.74) is 0.477. The number of rotatable bonds is 5. The lowest BCUT2D eigenvalue weighted by Gasteiger charge is -2.22. The Hall–Kier alpha value is -1.76. The van der Waals surface area contributed by atoms with Gasteiger partial charge in [-0.1, -0.05) is 31.6 Å². The third kappa shape index (κ3) is 6.23. The average Bonchev–Trinajstić information content (AvgIpc) is 2.55. The summed E-state index contributed by atoms with van der Waals surface area (Å²) >= 11 is 0. The van der Waals surface area contributed by atoms with Gasteiger partial charge >= 0.3 is 0 Å². The van der Waals surface area contributed by atoms with Crippen LogP contribution in [0.1, 0.15) is 63.0 Å². The van der Waals surface area contributed by atoms with Crippen LogP contribution in [0.4, 0.5) is 17.6 Å². The van der Waals surface area contributed by atoms with Crippen molar-refractivity contribution in [3.8, 4) is 11.8 Å². The van der Waals surface area contributed by atoms with Crippen LogP contribution < -0.4 is 0 Å². The first-order chi connectivity index (χ1) is 12.0. The molecule has 0 unspecified atom stereocenters. The van der Waals surface area contributed by atoms with Crippen molar-refractivity contribution in [2.45, 2.75) is 58.3 Å². The van der Waals surface area contributed by atoms with Crippen molar-refractivity contribution < 1.29 is 17.6 Å². The molecule has 1 aliphatic carbocycles. The Morgan fingerprint density at radius 1 is 1.08 bits per heavy atom. The minimum atomic E-state index is -1.64. The van der Waals surface area contributed by atoms with E-state index in [0.29, 0.717) is 37.7 Å². The molecule has 0 nitrogen and oxygen atoms in total. The van der Waals surface area contributed by atoms with Gasteiger partial charge < -0.3 is 0 Å². The Balaban J connectivity index is 1.99. The number of hydrogen-bond acceptors (Lipinski definition) is 0. The van der Waals surface area contributed by atoms with E-state index in [1.807, 2.05) is 0 Å². The molecule has 25 heavy (non-hydrogen) atoms. The molecule has 0 heterocycles. The van der Waals surface area contributed by atoms with E-state index in [9.17, 15) is 17.6 Å². The van der Waals surface area contributed by atoms with Crippen LogP contribution in [-0.4, -0.2) is 0 Å². The van der Waals surface area contributed by atoms with Crippen molar-refractivity contribution in [2.24, 2.45) is 11.8 Å². The molecule has 2 rings (SSSR count). The monoisotopic (exact) mass is 352 g/mol. The third-order valence-electron chi connectivity index (χ3n) is 4.71. The normalized spacial score (nSPS) is 19.9. The van der Waals surface area contributed by atoms with Gasteiger partial charge in [0.15, 0.2) is 0 Å². The van der Waals surface area contributed by atoms with Gasteiger partial charge in [-0.25, -0.2) is 8.78 Å². The highest BCUT2D eigenvalue weighted by atomic mass is 19.3. The zero-order valence-corrected chi connectivity index (χ0v) is 14.6. The summed E-state index contributed by atoms with van der Waals surface area (Å²) < 4.78 is 52.8. The summed E-state index contributed by atoms with van der Waals surface area (Å²) in [4.78, 5) is 0. The van der Waals surface area contributed by atoms with Crippen molar-refractivity contribution in [1.29, 1.82) is 0 Å². The minimum Gasteiger partial charge on any atom is -0.206 e. The number of allylic oxidation sites excluding steroid dienone is 1. The topological polar surface area (TPSA) is 0 Å². The van der Waals surface area contributed by atoms with Gasteiger partial charge in [0.05, 0.1) is 5.56 Å². The lowest BCUT2D eigenvalue weighted by Crippen LogP contribution is -2.11. The molecule has 136 valence electrons. The van der Waals surface area contributed by atoms with Gasteiger partial charge in [-0.05, 0) is 68.2 Å². The van der Waals surface area contributed by atoms with Gasteiger partial charge in [0.25, 0.3) is 6.08 Å². The predicted molar refractivity (Wildman–Crippen MR) is 92.2 cm³/mol. The standard InChI is InChI=1S/C21H24F4/c1-2-3-4-5-17-12-19(22)18(20(23)13-17)11-10-15-6-8-16(9-7-15)14-21(24)25/h12-16H,2-9H2,1H3/t15-,16-. The quantitative estimate of drug-likeness (QED) is 0.317. The van der Waals surface area contributed by atoms with Crippen LogP contribution in [-0.2, 0) is 6.42 Å². The number of hydrogen-bond donors (Lipinski definition) is 0. The van der Waals surface area contributed by atoms with Crippen LogP contribution in [0, 0.1) is 35.3 Å². The van der Waals surface area contributed by atoms with Crippen LogP contribution in [0.15, 0.2) is 24.3 Å². The molecule has 0 radical (unpaired) electrons. The van der Waals surface area contributed by atoms with Gasteiger partial charge in [-0.15, -0.1) is 0 Å². The molecule has 1 aromatic carbocycles. The molecule has 0 saturated heterocycles. The van der Waals surface area contributed by atoms with Crippen molar-refractivity contribution in [2.75, 3.05) is 0 Å². The predicted octanol–water partition coefficient (Wildman–Crippen LogP) is 6.64. The summed E-state index contributed by atoms with van der Waals surface area (Å²) in [5, 5.41) is 0. The van der Waals surface area contributed by atoms with Gasteiger partial charge in [0.2, 0.25) is 0 Å². The average molecular weight is 352 g/mol. The van der Waals surface area contributed by atoms with Crippen LogP contribution in [0.5, 0.6) is 0 Å². The lowest BCUT2D eigenvalue weighted by atomic mass is 9.82. The fraction of sp³-hybridized carbons (Fsp3) is 0.524. The lowest BCUT2D eigenvalue weighted by molar-refractivity contribution is 0.343. The second kappa shape index (κ2) is 9.65. The summed E-state index contributed by atoms with van der Waals surface area (Å²) in [6.07, 6.45) is 5.67. The Kier molecular flexibility index (Phi) is 7.55. The van der Waals surface area contributed by atoms with Gasteiger partial charge in [-0.3, -0.25) is 0 Å². The minimum absolute atomic E-state index is 0.00959. The van der Waals surface area contributed by atoms with E-state index in [1.54, 1.807) is 0 Å². The van der Waals surface area contributed by atoms with Crippen molar-refractivity contribution in [3.63, 3.8) is 0 Å². The van der Waals surface area contributed by atoms with Crippen LogP contribution in [0.3, 0.4) is 0 Å². The smallest absolute Gasteiger partial charge is 0.206 e. The molecule has 4 heteroatoms. The molecule has 0 aromatic heterocycles. The van der Waals surface area contributed by atoms with Crippen molar-refractivity contribution in [1.82, 2.24) is 0 Å². The first-order valence-electron chi connectivity index (χ1n) is 9.01. The van der Waals surface area contributed by atoms with Gasteiger partial charge in [-0.2, -0.15) is 8.78 Å². The zero-order chi connectivity index (χ0) is 18.2. The Morgan fingerprint density at radius 2 is 1.72 bits per heavy atom. The van der Waals surface area contributed by atoms with E-state index in [1.165, 1.54) is 12.1 Å². The van der Waals surface area contributed by atoms with Crippen LogP contribution in [0.25, 0.3) is 0 Å². The number of halogens is 4. The van der Waals surface area contributed by atoms with Gasteiger partial charge in [0, 0.05) is 5.92 Å². The molecule has 0 spiro atoms. The Morgan fingerprint density at radius 3 is 2.28 bits per heavy atom. The third-order valence-corrected chi connectivity index (χ3v) is 4.71. The number of aryl methyl sites for hydroxylation is 1. The summed E-state index contributed by atoms with van der Waals surface area (Å²) in [6, 6.07) is 2.74. The molecule has 0 atom stereocenters. The van der Waals surface area contributed by atoms with E-state index in [4.69, 9.17) is 0 Å². The summed E-state index contributed by atoms with van der Waals surface area (Å²) in [5.74, 6) is 4.23. The molecular weight excluding hydrogens is 328 g/mol.